The van der Waals surface area contributed by atoms with Crippen molar-refractivity contribution in [1.82, 2.24) is 0 Å². The topological polar surface area (TPSA) is 0 Å². The van der Waals surface area contributed by atoms with E-state index in [-0.39, 0.29) is 0 Å². The van der Waals surface area contributed by atoms with Crippen molar-refractivity contribution in [2.24, 2.45) is 5.92 Å². The van der Waals surface area contributed by atoms with Crippen LogP contribution in [0.1, 0.15) is 113 Å². The van der Waals surface area contributed by atoms with E-state index in [1.807, 2.05) is 0 Å². The average Bonchev–Trinajstić information content (AvgIpc) is 2.59. The second-order valence-electron chi connectivity index (χ2n) is 9.27. The monoisotopic (exact) mass is 384 g/mol. The van der Waals surface area contributed by atoms with Gasteiger partial charge in [-0.15, -0.1) is 0 Å². The highest BCUT2D eigenvalue weighted by Gasteiger charge is 1.95. The lowest BCUT2D eigenvalue weighted by Crippen LogP contribution is -1.85. The molecular formula is C28H48. The summed E-state index contributed by atoms with van der Waals surface area (Å²) in [6, 6.07) is 0. The number of allylic oxidation sites excluding steroid dienone is 10. The first kappa shape index (κ1) is 26.7. The predicted molar refractivity (Wildman–Crippen MR) is 131 cm³/mol. The second-order valence-corrected chi connectivity index (χ2v) is 9.27. The molecule has 0 fully saturated rings. The summed E-state index contributed by atoms with van der Waals surface area (Å²) in [4.78, 5) is 0. The molecule has 0 nitrogen and oxygen atoms in total. The van der Waals surface area contributed by atoms with Gasteiger partial charge >= 0.3 is 0 Å². The zero-order valence-corrected chi connectivity index (χ0v) is 20.3. The molecule has 0 N–H and O–H groups in total. The van der Waals surface area contributed by atoms with Crippen molar-refractivity contribution in [2.75, 3.05) is 0 Å². The number of hydrogen-bond donors (Lipinski definition) is 0. The van der Waals surface area contributed by atoms with E-state index in [9.17, 15) is 0 Å². The highest BCUT2D eigenvalue weighted by molar-refractivity contribution is 5.08. The summed E-state index contributed by atoms with van der Waals surface area (Å²) in [6.07, 6.45) is 22.8. The molecule has 0 aromatic rings. The summed E-state index contributed by atoms with van der Waals surface area (Å²) < 4.78 is 0. The Bertz CT molecular complexity index is 557. The molecule has 0 atom stereocenters. The molecule has 0 heteroatoms. The Hall–Kier alpha value is -1.30. The van der Waals surface area contributed by atoms with E-state index in [0.717, 1.165) is 5.92 Å². The van der Waals surface area contributed by atoms with E-state index in [4.69, 9.17) is 0 Å². The Morgan fingerprint density at radius 3 is 1.14 bits per heavy atom. The van der Waals surface area contributed by atoms with Crippen LogP contribution >= 0.6 is 0 Å². The fourth-order valence-corrected chi connectivity index (χ4v) is 3.07. The molecule has 0 bridgehead atoms. The lowest BCUT2D eigenvalue weighted by Gasteiger charge is -2.04. The van der Waals surface area contributed by atoms with Gasteiger partial charge in [0.25, 0.3) is 0 Å². The normalized spacial score (nSPS) is 14.0. The lowest BCUT2D eigenvalue weighted by atomic mass is 10.0. The standard InChI is InChI=1S/C28H48/c1-23(2)13-9-14-25(5)15-10-16-26(6)17-11-18-27(7)19-12-20-28(8)22-21-24(3)4/h13,15,17,19,22,24H,9-12,14,16,18,20-21H2,1-8H3/b25-15-,26-17-,27-19-,28-22+. The molecule has 0 heterocycles. The fourth-order valence-electron chi connectivity index (χ4n) is 3.07. The predicted octanol–water partition coefficient (Wildman–Crippen LogP) is 9.90. The van der Waals surface area contributed by atoms with Crippen LogP contribution in [0.15, 0.2) is 58.2 Å². The third-order valence-electron chi connectivity index (χ3n) is 5.12. The Kier molecular flexibility index (Phi) is 15.9. The molecule has 0 rings (SSSR count). The largest absolute Gasteiger partial charge is 0.0856 e. The van der Waals surface area contributed by atoms with Gasteiger partial charge in [-0.3, -0.25) is 0 Å². The Morgan fingerprint density at radius 2 is 0.821 bits per heavy atom. The van der Waals surface area contributed by atoms with Crippen LogP contribution in [0.3, 0.4) is 0 Å². The zero-order valence-electron chi connectivity index (χ0n) is 20.3. The third kappa shape index (κ3) is 18.1. The molecule has 0 unspecified atom stereocenters. The molecule has 0 aromatic carbocycles. The maximum Gasteiger partial charge on any atom is -0.0288 e. The van der Waals surface area contributed by atoms with Gasteiger partial charge in [0.15, 0.2) is 0 Å². The molecule has 0 aliphatic rings. The van der Waals surface area contributed by atoms with Crippen molar-refractivity contribution in [3.8, 4) is 0 Å². The molecule has 0 saturated heterocycles. The first-order valence-electron chi connectivity index (χ1n) is 11.5. The molecule has 0 aromatic heterocycles. The Balaban J connectivity index is 4.06. The second kappa shape index (κ2) is 16.6. The average molecular weight is 385 g/mol. The molecule has 0 radical (unpaired) electrons. The van der Waals surface area contributed by atoms with Gasteiger partial charge in [0.1, 0.15) is 0 Å². The van der Waals surface area contributed by atoms with Gasteiger partial charge in [-0.1, -0.05) is 72.1 Å². The summed E-state index contributed by atoms with van der Waals surface area (Å²) in [5.74, 6) is 0.768. The summed E-state index contributed by atoms with van der Waals surface area (Å²) >= 11 is 0. The van der Waals surface area contributed by atoms with Crippen LogP contribution < -0.4 is 0 Å². The molecule has 28 heavy (non-hydrogen) atoms. The van der Waals surface area contributed by atoms with Crippen molar-refractivity contribution in [1.29, 1.82) is 0 Å². The minimum absolute atomic E-state index is 0.768. The Labute approximate surface area is 177 Å². The number of rotatable bonds is 14. The van der Waals surface area contributed by atoms with Gasteiger partial charge in [0.05, 0.1) is 0 Å². The first-order valence-corrected chi connectivity index (χ1v) is 11.5. The van der Waals surface area contributed by atoms with E-state index in [0.29, 0.717) is 0 Å². The molecule has 0 aliphatic carbocycles. The van der Waals surface area contributed by atoms with Gasteiger partial charge in [0.2, 0.25) is 0 Å². The highest BCUT2D eigenvalue weighted by Crippen LogP contribution is 2.15. The van der Waals surface area contributed by atoms with E-state index in [1.165, 1.54) is 85.7 Å². The third-order valence-corrected chi connectivity index (χ3v) is 5.12. The van der Waals surface area contributed by atoms with Crippen molar-refractivity contribution in [3.05, 3.63) is 58.2 Å². The molecule has 0 aliphatic heterocycles. The van der Waals surface area contributed by atoms with Crippen LogP contribution in [-0.2, 0) is 0 Å². The summed E-state index contributed by atoms with van der Waals surface area (Å²) in [7, 11) is 0. The first-order chi connectivity index (χ1) is 13.2. The molecule has 0 saturated carbocycles. The van der Waals surface area contributed by atoms with Gasteiger partial charge in [-0.25, -0.2) is 0 Å². The number of hydrogen-bond acceptors (Lipinski definition) is 0. The summed E-state index contributed by atoms with van der Waals surface area (Å²) in [5.41, 5.74) is 7.57. The van der Waals surface area contributed by atoms with Crippen LogP contribution in [0.25, 0.3) is 0 Å². The molecule has 0 amide bonds. The summed E-state index contributed by atoms with van der Waals surface area (Å²) in [5, 5.41) is 0. The zero-order chi connectivity index (χ0) is 21.4. The van der Waals surface area contributed by atoms with Crippen LogP contribution in [0.5, 0.6) is 0 Å². The SMILES string of the molecule is CC(C)=CCC/C(C)=C\CC/C(C)=C\CC/C(C)=C\CC/C(C)=C/CC(C)C. The van der Waals surface area contributed by atoms with Gasteiger partial charge < -0.3 is 0 Å². The van der Waals surface area contributed by atoms with Crippen LogP contribution in [0, 0.1) is 5.92 Å². The van der Waals surface area contributed by atoms with Gasteiger partial charge in [-0.05, 0) is 105 Å². The van der Waals surface area contributed by atoms with Gasteiger partial charge in [0, 0.05) is 0 Å². The van der Waals surface area contributed by atoms with Crippen molar-refractivity contribution in [2.45, 2.75) is 113 Å². The van der Waals surface area contributed by atoms with E-state index in [2.05, 4.69) is 85.8 Å². The highest BCUT2D eigenvalue weighted by atomic mass is 14.0. The van der Waals surface area contributed by atoms with Crippen LogP contribution in [0.2, 0.25) is 0 Å². The van der Waals surface area contributed by atoms with Crippen molar-refractivity contribution in [3.63, 3.8) is 0 Å². The molecule has 0 spiro atoms. The fraction of sp³-hybridized carbons (Fsp3) is 0.643. The van der Waals surface area contributed by atoms with E-state index in [1.54, 1.807) is 0 Å². The van der Waals surface area contributed by atoms with Gasteiger partial charge in [-0.2, -0.15) is 0 Å². The molecule has 160 valence electrons. The molecular weight excluding hydrogens is 336 g/mol. The van der Waals surface area contributed by atoms with Crippen molar-refractivity contribution >= 4 is 0 Å². The smallest absolute Gasteiger partial charge is 0.0288 e. The maximum absolute atomic E-state index is 2.44. The minimum Gasteiger partial charge on any atom is -0.0856 e. The quantitative estimate of drug-likeness (QED) is 0.261. The van der Waals surface area contributed by atoms with E-state index >= 15 is 0 Å². The lowest BCUT2D eigenvalue weighted by molar-refractivity contribution is 0.659. The summed E-state index contributed by atoms with van der Waals surface area (Å²) in [6.45, 7) is 18.0. The Morgan fingerprint density at radius 1 is 0.500 bits per heavy atom. The van der Waals surface area contributed by atoms with Crippen molar-refractivity contribution < 1.29 is 0 Å². The van der Waals surface area contributed by atoms with Crippen LogP contribution in [0.4, 0.5) is 0 Å². The minimum atomic E-state index is 0.768. The van der Waals surface area contributed by atoms with E-state index < -0.39 is 0 Å². The van der Waals surface area contributed by atoms with Crippen LogP contribution in [-0.4, -0.2) is 0 Å². The maximum atomic E-state index is 2.44.